The summed E-state index contributed by atoms with van der Waals surface area (Å²) in [4.78, 5) is 1.56. The lowest BCUT2D eigenvalue weighted by molar-refractivity contribution is -0.905. The maximum absolute atomic E-state index is 9.60. The summed E-state index contributed by atoms with van der Waals surface area (Å²) < 4.78 is 7.45. The summed E-state index contributed by atoms with van der Waals surface area (Å²) in [5.41, 5.74) is 1.80. The van der Waals surface area contributed by atoms with Crippen molar-refractivity contribution in [1.29, 1.82) is 0 Å². The monoisotopic (exact) mass is 417 g/mol. The van der Waals surface area contributed by atoms with Crippen LogP contribution in [0.1, 0.15) is 0 Å². The van der Waals surface area contributed by atoms with Gasteiger partial charge in [0.25, 0.3) is 0 Å². The third kappa shape index (κ3) is 4.50. The summed E-state index contributed by atoms with van der Waals surface area (Å²) in [7, 11) is 0. The van der Waals surface area contributed by atoms with Crippen LogP contribution in [-0.4, -0.2) is 58.5 Å². The van der Waals surface area contributed by atoms with Crippen LogP contribution in [0.25, 0.3) is 17.1 Å². The number of phenolic OH excluding ortho intramolecular Hbond substituents is 1. The number of aromatic nitrogens is 3. The van der Waals surface area contributed by atoms with Crippen molar-refractivity contribution in [3.05, 3.63) is 53.6 Å². The molecule has 1 aromatic heterocycles. The number of quaternary nitrogens is 1. The second-order valence-corrected chi connectivity index (χ2v) is 8.13. The number of rotatable bonds is 6. The van der Waals surface area contributed by atoms with Gasteiger partial charge in [0.15, 0.2) is 11.0 Å². The van der Waals surface area contributed by atoms with Gasteiger partial charge in [-0.2, -0.15) is 0 Å². The molecule has 8 heteroatoms. The van der Waals surface area contributed by atoms with E-state index >= 15 is 0 Å². The molecule has 0 saturated carbocycles. The van der Waals surface area contributed by atoms with E-state index in [1.165, 1.54) is 0 Å². The van der Waals surface area contributed by atoms with Crippen molar-refractivity contribution >= 4 is 23.4 Å². The van der Waals surface area contributed by atoms with Crippen molar-refractivity contribution in [3.63, 3.8) is 0 Å². The molecule has 1 fully saturated rings. The Hall–Kier alpha value is -2.06. The molecule has 0 amide bonds. The standard InChI is InChI=1S/C20H21ClN4O2S/c21-16-2-1-3-17(14-16)25-19(15-4-6-18(26)7-5-15)22-23-20(25)28-13-10-24-8-11-27-12-9-24/h1-7,14,26H,8-13H2/p+1. The van der Waals surface area contributed by atoms with Crippen molar-refractivity contribution in [2.75, 3.05) is 38.6 Å². The van der Waals surface area contributed by atoms with Crippen LogP contribution < -0.4 is 4.90 Å². The van der Waals surface area contributed by atoms with Crippen LogP contribution in [0.5, 0.6) is 5.75 Å². The quantitative estimate of drug-likeness (QED) is 0.602. The van der Waals surface area contributed by atoms with Gasteiger partial charge in [0.2, 0.25) is 0 Å². The molecule has 2 N–H and O–H groups in total. The third-order valence-electron chi connectivity index (χ3n) is 4.71. The van der Waals surface area contributed by atoms with E-state index in [0.29, 0.717) is 5.02 Å². The van der Waals surface area contributed by atoms with E-state index in [0.717, 1.165) is 60.8 Å². The maximum atomic E-state index is 9.60. The summed E-state index contributed by atoms with van der Waals surface area (Å²) in [5.74, 6) is 1.90. The van der Waals surface area contributed by atoms with Crippen molar-refractivity contribution < 1.29 is 14.7 Å². The highest BCUT2D eigenvalue weighted by Crippen LogP contribution is 2.29. The minimum Gasteiger partial charge on any atom is -0.508 e. The molecule has 0 bridgehead atoms. The van der Waals surface area contributed by atoms with E-state index in [-0.39, 0.29) is 5.75 Å². The topological polar surface area (TPSA) is 64.6 Å². The first kappa shape index (κ1) is 19.3. The fraction of sp³-hybridized carbons (Fsp3) is 0.300. The van der Waals surface area contributed by atoms with Crippen molar-refractivity contribution in [1.82, 2.24) is 14.8 Å². The fourth-order valence-electron chi connectivity index (χ4n) is 3.21. The van der Waals surface area contributed by atoms with E-state index in [4.69, 9.17) is 16.3 Å². The van der Waals surface area contributed by atoms with Crippen LogP contribution in [0.15, 0.2) is 53.7 Å². The molecule has 0 radical (unpaired) electrons. The van der Waals surface area contributed by atoms with E-state index in [1.54, 1.807) is 28.8 Å². The highest BCUT2D eigenvalue weighted by atomic mass is 35.5. The number of nitrogens with zero attached hydrogens (tertiary/aromatic N) is 3. The van der Waals surface area contributed by atoms with Crippen LogP contribution in [0.4, 0.5) is 0 Å². The number of phenols is 1. The summed E-state index contributed by atoms with van der Waals surface area (Å²) in [6.07, 6.45) is 0. The largest absolute Gasteiger partial charge is 0.508 e. The lowest BCUT2D eigenvalue weighted by atomic mass is 10.2. The summed E-state index contributed by atoms with van der Waals surface area (Å²) >= 11 is 7.93. The number of hydrogen-bond donors (Lipinski definition) is 2. The Balaban J connectivity index is 1.61. The molecule has 1 aliphatic heterocycles. The zero-order chi connectivity index (χ0) is 19.3. The number of morpholine rings is 1. The van der Waals surface area contributed by atoms with E-state index in [2.05, 4.69) is 10.2 Å². The molecule has 146 valence electrons. The second kappa shape index (κ2) is 8.96. The normalized spacial score (nSPS) is 15.0. The number of halogens is 1. The highest BCUT2D eigenvalue weighted by molar-refractivity contribution is 7.99. The minimum absolute atomic E-state index is 0.223. The lowest BCUT2D eigenvalue weighted by Crippen LogP contribution is -3.14. The Morgan fingerprint density at radius 1 is 1.11 bits per heavy atom. The Labute approximate surface area is 173 Å². The first-order valence-electron chi connectivity index (χ1n) is 9.25. The summed E-state index contributed by atoms with van der Waals surface area (Å²) in [6.45, 7) is 4.85. The van der Waals surface area contributed by atoms with Gasteiger partial charge in [0.05, 0.1) is 31.2 Å². The Kier molecular flexibility index (Phi) is 6.17. The van der Waals surface area contributed by atoms with E-state index in [9.17, 15) is 5.11 Å². The van der Waals surface area contributed by atoms with Gasteiger partial charge in [0.1, 0.15) is 18.8 Å². The molecule has 0 spiro atoms. The SMILES string of the molecule is Oc1ccc(-c2nnc(SCC[NH+]3CCOCC3)n2-c2cccc(Cl)c2)cc1. The molecule has 2 aromatic carbocycles. The molecule has 0 aliphatic carbocycles. The lowest BCUT2D eigenvalue weighted by Gasteiger charge is -2.23. The number of benzene rings is 2. The molecular formula is C20H22ClN4O2S+. The van der Waals surface area contributed by atoms with Crippen LogP contribution in [-0.2, 0) is 4.74 Å². The van der Waals surface area contributed by atoms with Gasteiger partial charge >= 0.3 is 0 Å². The van der Waals surface area contributed by atoms with Crippen molar-refractivity contribution in [3.8, 4) is 22.8 Å². The fourth-order valence-corrected chi connectivity index (χ4v) is 4.38. The van der Waals surface area contributed by atoms with Gasteiger partial charge in [-0.05, 0) is 42.5 Å². The molecular weight excluding hydrogens is 396 g/mol. The number of hydrogen-bond acceptors (Lipinski definition) is 5. The average molecular weight is 418 g/mol. The molecule has 2 heterocycles. The summed E-state index contributed by atoms with van der Waals surface area (Å²) in [6, 6.07) is 14.7. The molecule has 3 aromatic rings. The van der Waals surface area contributed by atoms with Crippen LogP contribution in [0.2, 0.25) is 5.02 Å². The highest BCUT2D eigenvalue weighted by Gasteiger charge is 2.18. The first-order valence-corrected chi connectivity index (χ1v) is 10.6. The zero-order valence-corrected chi connectivity index (χ0v) is 16.9. The second-order valence-electron chi connectivity index (χ2n) is 6.63. The number of aromatic hydroxyl groups is 1. The Morgan fingerprint density at radius 3 is 2.64 bits per heavy atom. The molecule has 28 heavy (non-hydrogen) atoms. The molecule has 0 atom stereocenters. The predicted molar refractivity (Wildman–Crippen MR) is 111 cm³/mol. The van der Waals surface area contributed by atoms with Gasteiger partial charge in [-0.25, -0.2) is 0 Å². The Morgan fingerprint density at radius 2 is 1.89 bits per heavy atom. The molecule has 6 nitrogen and oxygen atoms in total. The van der Waals surface area contributed by atoms with Gasteiger partial charge in [-0.3, -0.25) is 4.57 Å². The van der Waals surface area contributed by atoms with Gasteiger partial charge in [-0.1, -0.05) is 29.4 Å². The summed E-state index contributed by atoms with van der Waals surface area (Å²) in [5, 5.41) is 20.0. The van der Waals surface area contributed by atoms with Crippen LogP contribution >= 0.6 is 23.4 Å². The Bertz CT molecular complexity index is 926. The third-order valence-corrected chi connectivity index (χ3v) is 5.88. The van der Waals surface area contributed by atoms with Gasteiger partial charge < -0.3 is 14.7 Å². The maximum Gasteiger partial charge on any atom is 0.196 e. The number of ether oxygens (including phenoxy) is 1. The molecule has 1 saturated heterocycles. The molecule has 4 rings (SSSR count). The van der Waals surface area contributed by atoms with Gasteiger partial charge in [-0.15, -0.1) is 10.2 Å². The number of nitrogens with one attached hydrogen (secondary N) is 1. The van der Waals surface area contributed by atoms with E-state index in [1.807, 2.05) is 41.0 Å². The van der Waals surface area contributed by atoms with Crippen LogP contribution in [0.3, 0.4) is 0 Å². The molecule has 0 unspecified atom stereocenters. The first-order chi connectivity index (χ1) is 13.7. The molecule has 1 aliphatic rings. The number of thioether (sulfide) groups is 1. The zero-order valence-electron chi connectivity index (χ0n) is 15.3. The predicted octanol–water partition coefficient (Wildman–Crippen LogP) is 2.30. The average Bonchev–Trinajstić information content (AvgIpc) is 3.13. The van der Waals surface area contributed by atoms with Crippen LogP contribution in [0, 0.1) is 0 Å². The van der Waals surface area contributed by atoms with Gasteiger partial charge in [0, 0.05) is 10.6 Å². The smallest absolute Gasteiger partial charge is 0.196 e. The minimum atomic E-state index is 0.223. The van der Waals surface area contributed by atoms with E-state index < -0.39 is 0 Å². The van der Waals surface area contributed by atoms with Crippen molar-refractivity contribution in [2.45, 2.75) is 5.16 Å². The van der Waals surface area contributed by atoms with Crippen molar-refractivity contribution in [2.24, 2.45) is 0 Å².